The molecule has 1 aromatic rings. The van der Waals surface area contributed by atoms with Crippen molar-refractivity contribution in [1.29, 1.82) is 0 Å². The van der Waals surface area contributed by atoms with E-state index in [4.69, 9.17) is 0 Å². The first-order chi connectivity index (χ1) is 11.5. The van der Waals surface area contributed by atoms with Gasteiger partial charge in [-0.15, -0.1) is 0 Å². The molecule has 0 saturated carbocycles. The van der Waals surface area contributed by atoms with Gasteiger partial charge in [-0.3, -0.25) is 4.99 Å². The molecule has 1 unspecified atom stereocenters. The standard InChI is InChI=1S/C19H33N3O2S/c1-15-8-7-9-17(12-15)16(2)13-21-18(20-5)22-14-19(3,4)10-11-25(6,23)24/h7-9,12,16H,10-11,13-14H2,1-6H3,(H2,20,21,22). The van der Waals surface area contributed by atoms with Gasteiger partial charge in [0.2, 0.25) is 0 Å². The van der Waals surface area contributed by atoms with Gasteiger partial charge in [0.05, 0.1) is 5.75 Å². The Morgan fingerprint density at radius 3 is 2.52 bits per heavy atom. The maximum Gasteiger partial charge on any atom is 0.191 e. The van der Waals surface area contributed by atoms with Crippen molar-refractivity contribution in [2.45, 2.75) is 40.0 Å². The minimum atomic E-state index is -2.93. The number of hydrogen-bond acceptors (Lipinski definition) is 3. The summed E-state index contributed by atoms with van der Waals surface area (Å²) >= 11 is 0. The monoisotopic (exact) mass is 367 g/mol. The lowest BCUT2D eigenvalue weighted by Crippen LogP contribution is -2.43. The van der Waals surface area contributed by atoms with E-state index >= 15 is 0 Å². The van der Waals surface area contributed by atoms with Crippen LogP contribution in [0.4, 0.5) is 0 Å². The molecule has 0 heterocycles. The molecule has 0 aromatic heterocycles. The minimum absolute atomic E-state index is 0.122. The summed E-state index contributed by atoms with van der Waals surface area (Å²) in [4.78, 5) is 4.26. The van der Waals surface area contributed by atoms with Crippen molar-refractivity contribution in [2.24, 2.45) is 10.4 Å². The molecule has 1 atom stereocenters. The van der Waals surface area contributed by atoms with Gasteiger partial charge in [0.25, 0.3) is 0 Å². The number of aliphatic imine (C=N–C) groups is 1. The average molecular weight is 368 g/mol. The van der Waals surface area contributed by atoms with Gasteiger partial charge in [-0.1, -0.05) is 50.6 Å². The van der Waals surface area contributed by atoms with Crippen LogP contribution in [-0.4, -0.2) is 46.5 Å². The van der Waals surface area contributed by atoms with Crippen LogP contribution in [0.2, 0.25) is 0 Å². The number of benzene rings is 1. The lowest BCUT2D eigenvalue weighted by Gasteiger charge is -2.26. The van der Waals surface area contributed by atoms with Gasteiger partial charge in [0, 0.05) is 26.4 Å². The molecule has 0 fully saturated rings. The number of nitrogens with zero attached hydrogens (tertiary/aromatic N) is 1. The number of aryl methyl sites for hydroxylation is 1. The summed E-state index contributed by atoms with van der Waals surface area (Å²) in [5.41, 5.74) is 2.44. The minimum Gasteiger partial charge on any atom is -0.356 e. The maximum atomic E-state index is 11.4. The molecule has 0 spiro atoms. The van der Waals surface area contributed by atoms with E-state index < -0.39 is 9.84 Å². The summed E-state index contributed by atoms with van der Waals surface area (Å²) in [6.45, 7) is 9.86. The summed E-state index contributed by atoms with van der Waals surface area (Å²) in [6, 6.07) is 8.53. The van der Waals surface area contributed by atoms with Crippen LogP contribution in [0.15, 0.2) is 29.3 Å². The van der Waals surface area contributed by atoms with Crippen LogP contribution >= 0.6 is 0 Å². The predicted octanol–water partition coefficient (Wildman–Crippen LogP) is 2.72. The van der Waals surface area contributed by atoms with Crippen LogP contribution in [-0.2, 0) is 9.84 Å². The topological polar surface area (TPSA) is 70.6 Å². The zero-order valence-electron chi connectivity index (χ0n) is 16.4. The molecule has 0 amide bonds. The number of nitrogens with one attached hydrogen (secondary N) is 2. The average Bonchev–Trinajstić information content (AvgIpc) is 2.52. The molecule has 6 heteroatoms. The van der Waals surface area contributed by atoms with E-state index in [-0.39, 0.29) is 11.2 Å². The highest BCUT2D eigenvalue weighted by molar-refractivity contribution is 7.90. The van der Waals surface area contributed by atoms with Gasteiger partial charge < -0.3 is 10.6 Å². The third-order valence-electron chi connectivity index (χ3n) is 4.29. The molecule has 1 rings (SSSR count). The van der Waals surface area contributed by atoms with Crippen molar-refractivity contribution in [3.63, 3.8) is 0 Å². The van der Waals surface area contributed by atoms with Gasteiger partial charge >= 0.3 is 0 Å². The van der Waals surface area contributed by atoms with Crippen molar-refractivity contribution in [1.82, 2.24) is 10.6 Å². The molecule has 142 valence electrons. The molecule has 25 heavy (non-hydrogen) atoms. The Balaban J connectivity index is 2.49. The normalized spacial score (nSPS) is 14.2. The summed E-state index contributed by atoms with van der Waals surface area (Å²) in [7, 11) is -1.18. The first kappa shape index (κ1) is 21.5. The lowest BCUT2D eigenvalue weighted by molar-refractivity contribution is 0.348. The SMILES string of the molecule is CN=C(NCC(C)c1cccc(C)c1)NCC(C)(C)CCS(C)(=O)=O. The molecule has 0 aliphatic heterocycles. The van der Waals surface area contributed by atoms with Crippen molar-refractivity contribution >= 4 is 15.8 Å². The second kappa shape index (κ2) is 9.22. The Morgan fingerprint density at radius 1 is 1.28 bits per heavy atom. The molecular weight excluding hydrogens is 334 g/mol. The first-order valence-corrected chi connectivity index (χ1v) is 10.8. The van der Waals surface area contributed by atoms with Gasteiger partial charge in [-0.25, -0.2) is 8.42 Å². The zero-order chi connectivity index (χ0) is 19.1. The Kier molecular flexibility index (Phi) is 7.93. The van der Waals surface area contributed by atoms with Crippen LogP contribution in [0.25, 0.3) is 0 Å². The van der Waals surface area contributed by atoms with E-state index in [2.05, 4.69) is 67.6 Å². The molecule has 1 aromatic carbocycles. The van der Waals surface area contributed by atoms with Crippen molar-refractivity contribution in [3.05, 3.63) is 35.4 Å². The van der Waals surface area contributed by atoms with E-state index in [1.807, 2.05) is 0 Å². The fourth-order valence-corrected chi connectivity index (χ4v) is 3.36. The zero-order valence-corrected chi connectivity index (χ0v) is 17.2. The Hall–Kier alpha value is -1.56. The fourth-order valence-electron chi connectivity index (χ4n) is 2.44. The molecule has 0 aliphatic carbocycles. The smallest absolute Gasteiger partial charge is 0.191 e. The van der Waals surface area contributed by atoms with E-state index in [0.29, 0.717) is 18.9 Å². The molecular formula is C19H33N3O2S. The Bertz CT molecular complexity index is 682. The number of hydrogen-bond donors (Lipinski definition) is 2. The van der Waals surface area contributed by atoms with Crippen LogP contribution in [0.3, 0.4) is 0 Å². The molecule has 0 saturated heterocycles. The lowest BCUT2D eigenvalue weighted by atomic mass is 9.90. The third-order valence-corrected chi connectivity index (χ3v) is 5.24. The van der Waals surface area contributed by atoms with Gasteiger partial charge in [-0.2, -0.15) is 0 Å². The largest absolute Gasteiger partial charge is 0.356 e. The molecule has 2 N–H and O–H groups in total. The van der Waals surface area contributed by atoms with Crippen LogP contribution < -0.4 is 10.6 Å². The summed E-state index contributed by atoms with van der Waals surface area (Å²) < 4.78 is 22.7. The fraction of sp³-hybridized carbons (Fsp3) is 0.632. The van der Waals surface area contributed by atoms with Crippen LogP contribution in [0, 0.1) is 12.3 Å². The van der Waals surface area contributed by atoms with Crippen molar-refractivity contribution < 1.29 is 8.42 Å². The molecule has 0 radical (unpaired) electrons. The van der Waals surface area contributed by atoms with Crippen LogP contribution in [0.1, 0.15) is 44.2 Å². The van der Waals surface area contributed by atoms with Crippen molar-refractivity contribution in [3.8, 4) is 0 Å². The highest BCUT2D eigenvalue weighted by atomic mass is 32.2. The Morgan fingerprint density at radius 2 is 1.96 bits per heavy atom. The van der Waals surface area contributed by atoms with Crippen molar-refractivity contribution in [2.75, 3.05) is 32.1 Å². The number of guanidine groups is 1. The summed E-state index contributed by atoms with van der Waals surface area (Å²) in [6.07, 6.45) is 1.90. The summed E-state index contributed by atoms with van der Waals surface area (Å²) in [5.74, 6) is 1.32. The second-order valence-corrected chi connectivity index (χ2v) is 9.93. The third kappa shape index (κ3) is 8.91. The second-order valence-electron chi connectivity index (χ2n) is 7.67. The van der Waals surface area contributed by atoms with E-state index in [0.717, 1.165) is 12.5 Å². The number of rotatable bonds is 8. The van der Waals surface area contributed by atoms with Crippen LogP contribution in [0.5, 0.6) is 0 Å². The first-order valence-electron chi connectivity index (χ1n) is 8.71. The van der Waals surface area contributed by atoms with Gasteiger partial charge in [0.1, 0.15) is 9.84 Å². The van der Waals surface area contributed by atoms with Gasteiger partial charge in [0.15, 0.2) is 5.96 Å². The predicted molar refractivity (Wildman–Crippen MR) is 107 cm³/mol. The van der Waals surface area contributed by atoms with Gasteiger partial charge in [-0.05, 0) is 30.2 Å². The molecule has 0 bridgehead atoms. The number of sulfone groups is 1. The highest BCUT2D eigenvalue weighted by Crippen LogP contribution is 2.20. The highest BCUT2D eigenvalue weighted by Gasteiger charge is 2.20. The molecule has 0 aliphatic rings. The van der Waals surface area contributed by atoms with E-state index in [9.17, 15) is 8.42 Å². The van der Waals surface area contributed by atoms with E-state index in [1.165, 1.54) is 17.4 Å². The van der Waals surface area contributed by atoms with E-state index in [1.54, 1.807) is 7.05 Å². The Labute approximate surface area is 153 Å². The maximum absolute atomic E-state index is 11.4. The molecule has 5 nitrogen and oxygen atoms in total. The quantitative estimate of drug-likeness (QED) is 0.547. The summed E-state index contributed by atoms with van der Waals surface area (Å²) in [5, 5.41) is 6.66.